The lowest BCUT2D eigenvalue weighted by atomic mass is 9.57. The van der Waals surface area contributed by atoms with Gasteiger partial charge in [0.15, 0.2) is 0 Å². The first kappa shape index (κ1) is 14.3. The molecule has 0 aromatic heterocycles. The summed E-state index contributed by atoms with van der Waals surface area (Å²) in [7, 11) is 0. The minimum atomic E-state index is 0.333. The van der Waals surface area contributed by atoms with E-state index in [2.05, 4.69) is 33.0 Å². The number of hydrogen-bond donors (Lipinski definition) is 1. The average molecular weight is 253 g/mol. The van der Waals surface area contributed by atoms with E-state index in [9.17, 15) is 0 Å². The Balaban J connectivity index is 1.89. The Kier molecular flexibility index (Phi) is 4.71. The molecule has 0 aromatic rings. The third kappa shape index (κ3) is 2.60. The van der Waals surface area contributed by atoms with Crippen molar-refractivity contribution in [1.29, 1.82) is 0 Å². The molecule has 18 heavy (non-hydrogen) atoms. The van der Waals surface area contributed by atoms with Crippen molar-refractivity contribution in [3.8, 4) is 0 Å². The van der Waals surface area contributed by atoms with Gasteiger partial charge in [-0.15, -0.1) is 0 Å². The largest absolute Gasteiger partial charge is 0.377 e. The van der Waals surface area contributed by atoms with E-state index in [1.54, 1.807) is 0 Å². The number of ether oxygens (including phenoxy) is 1. The predicted molar refractivity (Wildman–Crippen MR) is 76.8 cm³/mol. The Bertz CT molecular complexity index is 264. The first-order valence-corrected chi connectivity index (χ1v) is 7.98. The molecule has 1 saturated heterocycles. The fraction of sp³-hybridized carbons (Fsp3) is 1.00. The lowest BCUT2D eigenvalue weighted by Crippen LogP contribution is -2.67. The van der Waals surface area contributed by atoms with Gasteiger partial charge in [0.2, 0.25) is 0 Å². The van der Waals surface area contributed by atoms with Crippen molar-refractivity contribution in [2.75, 3.05) is 6.61 Å². The molecular formula is C16H31NO. The molecule has 0 aromatic carbocycles. The van der Waals surface area contributed by atoms with Crippen molar-refractivity contribution < 1.29 is 4.74 Å². The highest BCUT2D eigenvalue weighted by atomic mass is 16.5. The molecule has 0 bridgehead atoms. The van der Waals surface area contributed by atoms with E-state index in [0.29, 0.717) is 17.6 Å². The Morgan fingerprint density at radius 1 is 1.22 bits per heavy atom. The van der Waals surface area contributed by atoms with Gasteiger partial charge in [-0.25, -0.2) is 0 Å². The van der Waals surface area contributed by atoms with Gasteiger partial charge in [-0.2, -0.15) is 0 Å². The zero-order chi connectivity index (χ0) is 13.2. The predicted octanol–water partition coefficient (Wildman–Crippen LogP) is 3.75. The van der Waals surface area contributed by atoms with Crippen LogP contribution in [0.25, 0.3) is 0 Å². The van der Waals surface area contributed by atoms with Crippen LogP contribution >= 0.6 is 0 Å². The monoisotopic (exact) mass is 253 g/mol. The van der Waals surface area contributed by atoms with Crippen molar-refractivity contribution in [2.45, 2.75) is 84.4 Å². The zero-order valence-corrected chi connectivity index (χ0v) is 12.7. The van der Waals surface area contributed by atoms with E-state index in [4.69, 9.17) is 4.74 Å². The fourth-order valence-electron chi connectivity index (χ4n) is 4.03. The molecule has 4 atom stereocenters. The number of hydrogen-bond acceptors (Lipinski definition) is 2. The summed E-state index contributed by atoms with van der Waals surface area (Å²) in [6.07, 6.45) is 8.40. The summed E-state index contributed by atoms with van der Waals surface area (Å²) < 4.78 is 5.88. The van der Waals surface area contributed by atoms with Crippen molar-refractivity contribution in [1.82, 2.24) is 5.32 Å². The van der Waals surface area contributed by atoms with Crippen LogP contribution in [-0.2, 0) is 4.74 Å². The fourth-order valence-corrected chi connectivity index (χ4v) is 4.03. The molecule has 0 amide bonds. The van der Waals surface area contributed by atoms with E-state index in [0.717, 1.165) is 18.6 Å². The lowest BCUT2D eigenvalue weighted by molar-refractivity contribution is -0.115. The van der Waals surface area contributed by atoms with Crippen molar-refractivity contribution >= 4 is 0 Å². The van der Waals surface area contributed by atoms with Crippen LogP contribution in [0, 0.1) is 11.3 Å². The summed E-state index contributed by atoms with van der Waals surface area (Å²) in [5, 5.41) is 3.97. The van der Waals surface area contributed by atoms with E-state index < -0.39 is 0 Å². The average Bonchev–Trinajstić information content (AvgIpc) is 2.79. The normalized spacial score (nSPS) is 35.0. The van der Waals surface area contributed by atoms with E-state index >= 15 is 0 Å². The minimum Gasteiger partial charge on any atom is -0.377 e. The molecule has 1 saturated carbocycles. The van der Waals surface area contributed by atoms with Gasteiger partial charge in [0, 0.05) is 30.0 Å². The molecule has 2 fully saturated rings. The van der Waals surface area contributed by atoms with E-state index in [1.165, 1.54) is 38.5 Å². The standard InChI is InChI=1S/C16H31NO/c1-5-7-9-12(8-6-2)17-14-13-10-11-18-15(13)16(14,3)4/h12-15,17H,5-11H2,1-4H3. The Morgan fingerprint density at radius 2 is 2.00 bits per heavy atom. The summed E-state index contributed by atoms with van der Waals surface area (Å²) in [4.78, 5) is 0. The topological polar surface area (TPSA) is 21.3 Å². The van der Waals surface area contributed by atoms with Crippen molar-refractivity contribution in [3.63, 3.8) is 0 Å². The third-order valence-electron chi connectivity index (χ3n) is 5.06. The molecule has 0 radical (unpaired) electrons. The molecule has 2 aliphatic rings. The molecular weight excluding hydrogens is 222 g/mol. The van der Waals surface area contributed by atoms with Gasteiger partial charge in [-0.05, 0) is 19.3 Å². The Hall–Kier alpha value is -0.0800. The van der Waals surface area contributed by atoms with Gasteiger partial charge in [0.05, 0.1) is 6.10 Å². The maximum Gasteiger partial charge on any atom is 0.0685 e. The highest BCUT2D eigenvalue weighted by Gasteiger charge is 2.59. The van der Waals surface area contributed by atoms with Crippen LogP contribution in [0.3, 0.4) is 0 Å². The summed E-state index contributed by atoms with van der Waals surface area (Å²) >= 11 is 0. The number of fused-ring (bicyclic) bond motifs is 1. The van der Waals surface area contributed by atoms with Crippen LogP contribution in [0.2, 0.25) is 0 Å². The summed E-state index contributed by atoms with van der Waals surface area (Å²) in [6.45, 7) is 10.3. The molecule has 0 spiro atoms. The van der Waals surface area contributed by atoms with Crippen molar-refractivity contribution in [2.24, 2.45) is 11.3 Å². The second-order valence-electron chi connectivity index (χ2n) is 6.84. The van der Waals surface area contributed by atoms with Crippen LogP contribution in [0.4, 0.5) is 0 Å². The summed E-state index contributed by atoms with van der Waals surface area (Å²) in [5.41, 5.74) is 0.333. The minimum absolute atomic E-state index is 0.333. The lowest BCUT2D eigenvalue weighted by Gasteiger charge is -2.56. The zero-order valence-electron chi connectivity index (χ0n) is 12.7. The van der Waals surface area contributed by atoms with E-state index in [-0.39, 0.29) is 0 Å². The third-order valence-corrected chi connectivity index (χ3v) is 5.06. The molecule has 106 valence electrons. The molecule has 4 unspecified atom stereocenters. The van der Waals surface area contributed by atoms with Crippen LogP contribution in [0.1, 0.15) is 66.2 Å². The molecule has 2 rings (SSSR count). The maximum absolute atomic E-state index is 5.88. The second kappa shape index (κ2) is 5.92. The smallest absolute Gasteiger partial charge is 0.0685 e. The molecule has 1 aliphatic heterocycles. The highest BCUT2D eigenvalue weighted by Crippen LogP contribution is 2.52. The van der Waals surface area contributed by atoms with Crippen LogP contribution in [0.15, 0.2) is 0 Å². The van der Waals surface area contributed by atoms with Crippen LogP contribution < -0.4 is 5.32 Å². The number of unbranched alkanes of at least 4 members (excludes halogenated alkanes) is 1. The maximum atomic E-state index is 5.88. The van der Waals surface area contributed by atoms with E-state index in [1.807, 2.05) is 0 Å². The van der Waals surface area contributed by atoms with Gasteiger partial charge in [-0.3, -0.25) is 0 Å². The highest BCUT2D eigenvalue weighted by molar-refractivity contribution is 5.11. The number of rotatable bonds is 7. The summed E-state index contributed by atoms with van der Waals surface area (Å²) in [5.74, 6) is 0.779. The molecule has 2 nitrogen and oxygen atoms in total. The summed E-state index contributed by atoms with van der Waals surface area (Å²) in [6, 6.07) is 1.40. The Morgan fingerprint density at radius 3 is 2.67 bits per heavy atom. The first-order valence-electron chi connectivity index (χ1n) is 7.98. The molecule has 1 heterocycles. The number of nitrogens with one attached hydrogen (secondary N) is 1. The van der Waals surface area contributed by atoms with Gasteiger partial charge in [-0.1, -0.05) is 47.0 Å². The quantitative estimate of drug-likeness (QED) is 0.746. The van der Waals surface area contributed by atoms with Gasteiger partial charge < -0.3 is 10.1 Å². The van der Waals surface area contributed by atoms with Gasteiger partial charge >= 0.3 is 0 Å². The Labute approximate surface area is 113 Å². The van der Waals surface area contributed by atoms with Crippen LogP contribution in [0.5, 0.6) is 0 Å². The van der Waals surface area contributed by atoms with Gasteiger partial charge in [0.25, 0.3) is 0 Å². The molecule has 1 N–H and O–H groups in total. The molecule has 1 aliphatic carbocycles. The van der Waals surface area contributed by atoms with Crippen molar-refractivity contribution in [3.05, 3.63) is 0 Å². The first-order chi connectivity index (χ1) is 8.61. The van der Waals surface area contributed by atoms with Gasteiger partial charge in [0.1, 0.15) is 0 Å². The second-order valence-corrected chi connectivity index (χ2v) is 6.84. The van der Waals surface area contributed by atoms with Crippen LogP contribution in [-0.4, -0.2) is 24.8 Å². The SMILES string of the molecule is CCCCC(CCC)NC1C2CCOC2C1(C)C. The molecule has 2 heteroatoms.